The molecule has 84 valence electrons. The number of hydrogen-bond acceptors (Lipinski definition) is 3. The van der Waals surface area contributed by atoms with Crippen LogP contribution in [0, 0.1) is 0 Å². The van der Waals surface area contributed by atoms with Crippen LogP contribution in [0.15, 0.2) is 42.7 Å². The first-order valence-electron chi connectivity index (χ1n) is 5.38. The van der Waals surface area contributed by atoms with Gasteiger partial charge in [-0.3, -0.25) is 4.68 Å². The highest BCUT2D eigenvalue weighted by Crippen LogP contribution is 2.27. The molecule has 1 aromatic carbocycles. The smallest absolute Gasteiger partial charge is 0.124 e. The maximum atomic E-state index is 5.74. The molecule has 0 fully saturated rings. The molecule has 2 aromatic heterocycles. The summed E-state index contributed by atoms with van der Waals surface area (Å²) in [4.78, 5) is 4.40. The molecule has 0 radical (unpaired) electrons. The molecule has 0 aliphatic rings. The second-order valence-corrected chi connectivity index (χ2v) is 4.02. The Labute approximate surface area is 98.7 Å². The Kier molecular flexibility index (Phi) is 2.08. The van der Waals surface area contributed by atoms with Crippen LogP contribution in [0.5, 0.6) is 0 Å². The Morgan fingerprint density at radius 1 is 1.18 bits per heavy atom. The first-order chi connectivity index (χ1) is 8.24. The maximum absolute atomic E-state index is 5.74. The molecule has 0 saturated carbocycles. The monoisotopic (exact) mass is 224 g/mol. The van der Waals surface area contributed by atoms with E-state index in [1.807, 2.05) is 49.8 Å². The van der Waals surface area contributed by atoms with Crippen molar-refractivity contribution in [3.8, 4) is 11.1 Å². The van der Waals surface area contributed by atoms with Gasteiger partial charge in [-0.05, 0) is 12.1 Å². The number of aryl methyl sites for hydroxylation is 1. The fraction of sp³-hybridized carbons (Fsp3) is 0.0769. The Morgan fingerprint density at radius 2 is 2.06 bits per heavy atom. The second-order valence-electron chi connectivity index (χ2n) is 4.02. The summed E-state index contributed by atoms with van der Waals surface area (Å²) in [5, 5.41) is 5.26. The maximum Gasteiger partial charge on any atom is 0.124 e. The predicted molar refractivity (Wildman–Crippen MR) is 68.4 cm³/mol. The summed E-state index contributed by atoms with van der Waals surface area (Å²) in [5.74, 6) is 0.536. The Morgan fingerprint density at radius 3 is 2.82 bits per heavy atom. The zero-order valence-corrected chi connectivity index (χ0v) is 9.46. The highest BCUT2D eigenvalue weighted by atomic mass is 15.2. The van der Waals surface area contributed by atoms with Crippen LogP contribution in [0.1, 0.15) is 0 Å². The third-order valence-electron chi connectivity index (χ3n) is 2.76. The van der Waals surface area contributed by atoms with Crippen LogP contribution in [0.2, 0.25) is 0 Å². The molecule has 3 rings (SSSR count). The third kappa shape index (κ3) is 1.63. The van der Waals surface area contributed by atoms with E-state index in [9.17, 15) is 0 Å². The lowest BCUT2D eigenvalue weighted by Gasteiger charge is -2.04. The number of benzene rings is 1. The van der Waals surface area contributed by atoms with Gasteiger partial charge in [0.2, 0.25) is 0 Å². The second kappa shape index (κ2) is 3.59. The minimum Gasteiger partial charge on any atom is -0.384 e. The third-order valence-corrected chi connectivity index (χ3v) is 2.76. The first kappa shape index (κ1) is 9.84. The van der Waals surface area contributed by atoms with Gasteiger partial charge in [0, 0.05) is 29.8 Å². The van der Waals surface area contributed by atoms with Gasteiger partial charge >= 0.3 is 0 Å². The molecule has 0 saturated heterocycles. The molecule has 0 aliphatic carbocycles. The number of hydrogen-bond donors (Lipinski definition) is 1. The summed E-state index contributed by atoms with van der Waals surface area (Å²) in [6.07, 6.45) is 3.80. The van der Waals surface area contributed by atoms with E-state index in [2.05, 4.69) is 10.1 Å². The number of pyridine rings is 1. The number of nitrogens with two attached hydrogens (primary N) is 1. The van der Waals surface area contributed by atoms with Crippen molar-refractivity contribution in [2.45, 2.75) is 0 Å². The van der Waals surface area contributed by atoms with Gasteiger partial charge in [-0.1, -0.05) is 18.2 Å². The Balaban J connectivity index is 2.32. The summed E-state index contributed by atoms with van der Waals surface area (Å²) in [6.45, 7) is 0. The summed E-state index contributed by atoms with van der Waals surface area (Å²) >= 11 is 0. The van der Waals surface area contributed by atoms with Crippen molar-refractivity contribution >= 4 is 16.7 Å². The van der Waals surface area contributed by atoms with Crippen LogP contribution in [0.4, 0.5) is 5.82 Å². The molecule has 2 heterocycles. The lowest BCUT2D eigenvalue weighted by atomic mass is 10.1. The van der Waals surface area contributed by atoms with E-state index in [0.717, 1.165) is 22.0 Å². The van der Waals surface area contributed by atoms with E-state index in [4.69, 9.17) is 5.73 Å². The molecule has 0 bridgehead atoms. The zero-order chi connectivity index (χ0) is 11.8. The van der Waals surface area contributed by atoms with Gasteiger partial charge < -0.3 is 5.73 Å². The van der Waals surface area contributed by atoms with Crippen LogP contribution in [-0.4, -0.2) is 14.8 Å². The number of nitrogens with zero attached hydrogens (tertiary/aromatic N) is 3. The molecule has 17 heavy (non-hydrogen) atoms. The van der Waals surface area contributed by atoms with Crippen LogP contribution >= 0.6 is 0 Å². The van der Waals surface area contributed by atoms with Crippen LogP contribution in [0.25, 0.3) is 22.0 Å². The number of anilines is 1. The van der Waals surface area contributed by atoms with E-state index in [0.29, 0.717) is 5.82 Å². The fourth-order valence-corrected chi connectivity index (χ4v) is 1.96. The van der Waals surface area contributed by atoms with Crippen molar-refractivity contribution in [1.82, 2.24) is 14.8 Å². The molecular weight excluding hydrogens is 212 g/mol. The highest BCUT2D eigenvalue weighted by Gasteiger charge is 2.06. The SMILES string of the molecule is Cn1cc(-c2cccc3ccc(N)nc23)cn1. The lowest BCUT2D eigenvalue weighted by molar-refractivity contribution is 0.768. The van der Waals surface area contributed by atoms with E-state index < -0.39 is 0 Å². The molecule has 0 unspecified atom stereocenters. The van der Waals surface area contributed by atoms with Crippen molar-refractivity contribution in [1.29, 1.82) is 0 Å². The number of nitrogen functional groups attached to an aromatic ring is 1. The van der Waals surface area contributed by atoms with Crippen molar-refractivity contribution in [2.75, 3.05) is 5.73 Å². The number of fused-ring (bicyclic) bond motifs is 1. The number of rotatable bonds is 1. The topological polar surface area (TPSA) is 56.7 Å². The van der Waals surface area contributed by atoms with Gasteiger partial charge in [-0.2, -0.15) is 5.10 Å². The van der Waals surface area contributed by atoms with Crippen molar-refractivity contribution < 1.29 is 0 Å². The molecule has 4 heteroatoms. The summed E-state index contributed by atoms with van der Waals surface area (Å²) < 4.78 is 1.78. The van der Waals surface area contributed by atoms with Gasteiger partial charge in [-0.25, -0.2) is 4.98 Å². The molecule has 0 amide bonds. The molecule has 2 N–H and O–H groups in total. The van der Waals surface area contributed by atoms with Gasteiger partial charge in [-0.15, -0.1) is 0 Å². The minimum absolute atomic E-state index is 0.536. The van der Waals surface area contributed by atoms with Crippen molar-refractivity contribution in [3.63, 3.8) is 0 Å². The predicted octanol–water partition coefficient (Wildman–Crippen LogP) is 2.22. The summed E-state index contributed by atoms with van der Waals surface area (Å²) in [7, 11) is 1.90. The normalized spacial score (nSPS) is 10.9. The van der Waals surface area contributed by atoms with Crippen LogP contribution in [0.3, 0.4) is 0 Å². The molecule has 4 nitrogen and oxygen atoms in total. The van der Waals surface area contributed by atoms with E-state index >= 15 is 0 Å². The fourth-order valence-electron chi connectivity index (χ4n) is 1.96. The highest BCUT2D eigenvalue weighted by molar-refractivity contribution is 5.94. The summed E-state index contributed by atoms with van der Waals surface area (Å²) in [6, 6.07) is 9.88. The quantitative estimate of drug-likeness (QED) is 0.689. The Hall–Kier alpha value is -2.36. The number of para-hydroxylation sites is 1. The minimum atomic E-state index is 0.536. The Bertz CT molecular complexity index is 685. The number of aromatic nitrogens is 3. The molecule has 0 aliphatic heterocycles. The molecule has 3 aromatic rings. The average Bonchev–Trinajstić information content (AvgIpc) is 2.75. The first-order valence-corrected chi connectivity index (χ1v) is 5.38. The van der Waals surface area contributed by atoms with Gasteiger partial charge in [0.05, 0.1) is 11.7 Å². The van der Waals surface area contributed by atoms with E-state index in [1.54, 1.807) is 4.68 Å². The summed E-state index contributed by atoms with van der Waals surface area (Å²) in [5.41, 5.74) is 8.77. The van der Waals surface area contributed by atoms with E-state index in [-0.39, 0.29) is 0 Å². The lowest BCUT2D eigenvalue weighted by Crippen LogP contribution is -1.91. The molecular formula is C13H12N4. The van der Waals surface area contributed by atoms with Gasteiger partial charge in [0.25, 0.3) is 0 Å². The van der Waals surface area contributed by atoms with Crippen LogP contribution < -0.4 is 5.73 Å². The standard InChI is InChI=1S/C13H12N4/c1-17-8-10(7-15-17)11-4-2-3-9-5-6-12(14)16-13(9)11/h2-8H,1H3,(H2,14,16). The molecule has 0 spiro atoms. The zero-order valence-electron chi connectivity index (χ0n) is 9.46. The van der Waals surface area contributed by atoms with Crippen molar-refractivity contribution in [3.05, 3.63) is 42.7 Å². The average molecular weight is 224 g/mol. The largest absolute Gasteiger partial charge is 0.384 e. The van der Waals surface area contributed by atoms with Crippen LogP contribution in [-0.2, 0) is 7.05 Å². The van der Waals surface area contributed by atoms with Gasteiger partial charge in [0.15, 0.2) is 0 Å². The van der Waals surface area contributed by atoms with E-state index in [1.165, 1.54) is 0 Å². The van der Waals surface area contributed by atoms with Crippen molar-refractivity contribution in [2.24, 2.45) is 7.05 Å². The molecule has 0 atom stereocenters. The van der Waals surface area contributed by atoms with Gasteiger partial charge in [0.1, 0.15) is 5.82 Å².